The van der Waals surface area contributed by atoms with Gasteiger partial charge in [-0.2, -0.15) is 0 Å². The number of nitrogens with zero attached hydrogens (tertiary/aromatic N) is 3. The van der Waals surface area contributed by atoms with Gasteiger partial charge in [0.1, 0.15) is 22.7 Å². The van der Waals surface area contributed by atoms with E-state index in [4.69, 9.17) is 24.4 Å². The van der Waals surface area contributed by atoms with Crippen LogP contribution in [0.2, 0.25) is 0 Å². The van der Waals surface area contributed by atoms with Crippen LogP contribution in [0.1, 0.15) is 59.1 Å². The number of carbonyl (C=O) groups excluding carboxylic acids is 3. The number of para-hydroxylation sites is 3. The van der Waals surface area contributed by atoms with E-state index in [1.54, 1.807) is 108 Å². The van der Waals surface area contributed by atoms with E-state index in [1.807, 2.05) is 0 Å². The third-order valence-corrected chi connectivity index (χ3v) is 7.18. The van der Waals surface area contributed by atoms with Gasteiger partial charge >= 0.3 is 12.2 Å². The second-order valence-electron chi connectivity index (χ2n) is 13.5. The van der Waals surface area contributed by atoms with Crippen molar-refractivity contribution in [1.82, 2.24) is 10.2 Å². The lowest BCUT2D eigenvalue weighted by Crippen LogP contribution is -2.50. The Labute approximate surface area is 290 Å². The highest BCUT2D eigenvalue weighted by atomic mass is 16.6. The number of nitro groups is 1. The molecule has 1 atom stereocenters. The number of hydrogen-bond acceptors (Lipinski definition) is 10. The molecule has 0 bridgehead atoms. The van der Waals surface area contributed by atoms with Gasteiger partial charge < -0.3 is 23.8 Å². The van der Waals surface area contributed by atoms with Crippen molar-refractivity contribution in [2.45, 2.75) is 78.2 Å². The molecule has 1 heterocycles. The van der Waals surface area contributed by atoms with Crippen LogP contribution in [0.3, 0.4) is 0 Å². The first kappa shape index (κ1) is 37.2. The maximum atomic E-state index is 13.6. The highest BCUT2D eigenvalue weighted by Gasteiger charge is 2.35. The van der Waals surface area contributed by atoms with E-state index in [0.29, 0.717) is 29.2 Å². The Morgan fingerprint density at radius 1 is 0.960 bits per heavy atom. The number of benzene rings is 3. The first-order valence-corrected chi connectivity index (χ1v) is 16.1. The van der Waals surface area contributed by atoms with E-state index >= 15 is 0 Å². The second kappa shape index (κ2) is 15.7. The van der Waals surface area contributed by atoms with Crippen molar-refractivity contribution in [2.75, 3.05) is 18.1 Å². The molecule has 0 aromatic heterocycles. The lowest BCUT2D eigenvalue weighted by molar-refractivity contribution is -0.385. The van der Waals surface area contributed by atoms with Crippen LogP contribution in [0.4, 0.5) is 21.0 Å². The average molecular weight is 690 g/mol. The summed E-state index contributed by atoms with van der Waals surface area (Å²) in [5, 5.41) is 22.3. The molecule has 14 heteroatoms. The molecule has 1 aliphatic rings. The minimum absolute atomic E-state index is 0.0110. The van der Waals surface area contributed by atoms with Gasteiger partial charge in [-0.25, -0.2) is 14.5 Å². The van der Waals surface area contributed by atoms with Gasteiger partial charge in [0.25, 0.3) is 11.6 Å². The zero-order valence-electron chi connectivity index (χ0n) is 29.1. The van der Waals surface area contributed by atoms with Crippen molar-refractivity contribution in [3.63, 3.8) is 0 Å². The normalized spacial score (nSPS) is 14.2. The molecule has 2 N–H and O–H groups in total. The fourth-order valence-electron chi connectivity index (χ4n) is 4.97. The summed E-state index contributed by atoms with van der Waals surface area (Å²) in [6, 6.07) is 20.5. The SMILES string of the molecule is CC(C)(C)OC(=O)NC(=N)N(CCc1ccc(OCCC2Oc3ccccc3N(Cc3ccccc3[N+](=O)[O-])C2=O)cc1)C(=O)OC(C)(C)C. The maximum Gasteiger partial charge on any atom is 0.417 e. The lowest BCUT2D eigenvalue weighted by Gasteiger charge is -2.34. The maximum absolute atomic E-state index is 13.6. The Balaban J connectivity index is 1.36. The van der Waals surface area contributed by atoms with Crippen LogP contribution < -0.4 is 19.7 Å². The number of guanidine groups is 1. The quantitative estimate of drug-likeness (QED) is 0.103. The van der Waals surface area contributed by atoms with Gasteiger partial charge in [-0.05, 0) is 77.8 Å². The Bertz CT molecular complexity index is 1710. The second-order valence-corrected chi connectivity index (χ2v) is 13.5. The fraction of sp³-hybridized carbons (Fsp3) is 0.389. The molecule has 0 saturated heterocycles. The number of fused-ring (bicyclic) bond motifs is 1. The van der Waals surface area contributed by atoms with E-state index in [2.05, 4.69) is 5.32 Å². The molecule has 14 nitrogen and oxygen atoms in total. The highest BCUT2D eigenvalue weighted by molar-refractivity contribution is 6.00. The Kier molecular flexibility index (Phi) is 11.7. The van der Waals surface area contributed by atoms with Crippen LogP contribution in [0.25, 0.3) is 0 Å². The summed E-state index contributed by atoms with van der Waals surface area (Å²) in [6.07, 6.45) is -1.97. The van der Waals surface area contributed by atoms with Crippen molar-refractivity contribution in [3.05, 3.63) is 94.0 Å². The molecular formula is C36H43N5O9. The summed E-state index contributed by atoms with van der Waals surface area (Å²) >= 11 is 0. The molecule has 0 aliphatic carbocycles. The van der Waals surface area contributed by atoms with E-state index in [-0.39, 0.29) is 37.7 Å². The first-order valence-electron chi connectivity index (χ1n) is 16.1. The molecule has 3 amide bonds. The summed E-state index contributed by atoms with van der Waals surface area (Å²) in [7, 11) is 0. The van der Waals surface area contributed by atoms with Gasteiger partial charge in [0.15, 0.2) is 6.10 Å². The van der Waals surface area contributed by atoms with E-state index in [1.165, 1.54) is 11.0 Å². The minimum atomic E-state index is -0.866. The number of rotatable bonds is 10. The zero-order chi connectivity index (χ0) is 36.6. The smallest absolute Gasteiger partial charge is 0.417 e. The summed E-state index contributed by atoms with van der Waals surface area (Å²) in [6.45, 7) is 10.4. The van der Waals surface area contributed by atoms with Crippen LogP contribution in [0.15, 0.2) is 72.8 Å². The summed E-state index contributed by atoms with van der Waals surface area (Å²) in [4.78, 5) is 52.4. The molecule has 1 aliphatic heterocycles. The van der Waals surface area contributed by atoms with Crippen molar-refractivity contribution >= 4 is 35.4 Å². The van der Waals surface area contributed by atoms with Gasteiger partial charge in [0, 0.05) is 24.6 Å². The molecule has 0 saturated carbocycles. The minimum Gasteiger partial charge on any atom is -0.493 e. The van der Waals surface area contributed by atoms with Gasteiger partial charge in [-0.1, -0.05) is 42.5 Å². The molecule has 0 spiro atoms. The molecular weight excluding hydrogens is 646 g/mol. The average Bonchev–Trinajstić information content (AvgIpc) is 3.02. The Hall–Kier alpha value is -5.66. The number of hydrogen-bond donors (Lipinski definition) is 2. The third-order valence-electron chi connectivity index (χ3n) is 7.18. The highest BCUT2D eigenvalue weighted by Crippen LogP contribution is 2.36. The summed E-state index contributed by atoms with van der Waals surface area (Å²) < 4.78 is 22.6. The molecule has 1 unspecified atom stereocenters. The molecule has 3 aromatic carbocycles. The lowest BCUT2D eigenvalue weighted by atomic mass is 10.1. The predicted octanol–water partition coefficient (Wildman–Crippen LogP) is 6.60. The molecule has 3 aromatic rings. The van der Waals surface area contributed by atoms with E-state index in [9.17, 15) is 24.5 Å². The van der Waals surface area contributed by atoms with Crippen LogP contribution in [0.5, 0.6) is 11.5 Å². The van der Waals surface area contributed by atoms with E-state index < -0.39 is 40.4 Å². The predicted molar refractivity (Wildman–Crippen MR) is 185 cm³/mol. The summed E-state index contributed by atoms with van der Waals surface area (Å²) in [5.41, 5.74) is 0.0823. The number of alkyl carbamates (subject to hydrolysis) is 1. The van der Waals surface area contributed by atoms with Crippen molar-refractivity contribution < 1.29 is 38.3 Å². The number of amides is 3. The van der Waals surface area contributed by atoms with Crippen LogP contribution in [0, 0.1) is 15.5 Å². The number of ether oxygens (including phenoxy) is 4. The van der Waals surface area contributed by atoms with Gasteiger partial charge in [-0.15, -0.1) is 0 Å². The number of nitrogens with one attached hydrogen (secondary N) is 2. The zero-order valence-corrected chi connectivity index (χ0v) is 29.1. The molecule has 266 valence electrons. The van der Waals surface area contributed by atoms with Crippen molar-refractivity contribution in [3.8, 4) is 11.5 Å². The van der Waals surface area contributed by atoms with Gasteiger partial charge in [-0.3, -0.25) is 25.6 Å². The molecule has 0 fully saturated rings. The molecule has 4 rings (SSSR count). The van der Waals surface area contributed by atoms with Gasteiger partial charge in [0.2, 0.25) is 5.96 Å². The van der Waals surface area contributed by atoms with Crippen LogP contribution >= 0.6 is 0 Å². The summed E-state index contributed by atoms with van der Waals surface area (Å²) in [5.74, 6) is 0.227. The van der Waals surface area contributed by atoms with Crippen molar-refractivity contribution in [1.29, 1.82) is 5.41 Å². The standard InChI is InChI=1S/C36H43N5O9/c1-35(2,3)49-33(43)38-32(37)39(34(44)50-36(4,5)6)21-19-24-15-17-26(18-16-24)47-22-20-30-31(42)40(28-13-9-10-14-29(28)48-30)23-25-11-7-8-12-27(25)41(45)46/h7-18,30H,19-23H2,1-6H3,(H2,37,38,43). The topological polar surface area (TPSA) is 174 Å². The Morgan fingerprint density at radius 2 is 1.60 bits per heavy atom. The molecule has 50 heavy (non-hydrogen) atoms. The molecule has 0 radical (unpaired) electrons. The van der Waals surface area contributed by atoms with E-state index in [0.717, 1.165) is 10.5 Å². The Morgan fingerprint density at radius 3 is 2.26 bits per heavy atom. The van der Waals surface area contributed by atoms with Crippen molar-refractivity contribution in [2.24, 2.45) is 0 Å². The van der Waals surface area contributed by atoms with Crippen LogP contribution in [-0.4, -0.2) is 64.3 Å². The number of nitro benzene ring substituents is 1. The largest absolute Gasteiger partial charge is 0.493 e. The monoisotopic (exact) mass is 689 g/mol. The van der Waals surface area contributed by atoms with Crippen LogP contribution in [-0.2, 0) is 27.2 Å². The number of carbonyl (C=O) groups is 3. The first-order chi connectivity index (χ1) is 23.5. The van der Waals surface area contributed by atoms with Gasteiger partial charge in [0.05, 0.1) is 23.8 Å². The number of anilines is 1. The third kappa shape index (κ3) is 10.4. The fourth-order valence-corrected chi connectivity index (χ4v) is 4.97.